The number of aromatic hydroxyl groups is 1. The smallest absolute Gasteiger partial charge is 0.160 e. The Labute approximate surface area is 91.3 Å². The van der Waals surface area contributed by atoms with Gasteiger partial charge in [0.05, 0.1) is 7.11 Å². The maximum atomic E-state index is 9.47. The van der Waals surface area contributed by atoms with Gasteiger partial charge in [0, 0.05) is 6.04 Å². The minimum atomic E-state index is 0.188. The van der Waals surface area contributed by atoms with E-state index in [-0.39, 0.29) is 5.75 Å². The van der Waals surface area contributed by atoms with Crippen LogP contribution in [0.4, 0.5) is 0 Å². The third-order valence-corrected chi connectivity index (χ3v) is 2.85. The van der Waals surface area contributed by atoms with Gasteiger partial charge in [-0.15, -0.1) is 0 Å². The van der Waals surface area contributed by atoms with Crippen LogP contribution in [0.3, 0.4) is 0 Å². The first-order chi connectivity index (χ1) is 7.10. The lowest BCUT2D eigenvalue weighted by molar-refractivity contribution is 0.274. The number of hydrogen-bond donors (Lipinski definition) is 1. The number of phenolic OH excluding ortho intramolecular Hbond substituents is 1. The Morgan fingerprint density at radius 2 is 2.13 bits per heavy atom. The van der Waals surface area contributed by atoms with E-state index in [2.05, 4.69) is 25.8 Å². The average Bonchev–Trinajstić information content (AvgIpc) is 2.27. The van der Waals surface area contributed by atoms with Crippen molar-refractivity contribution in [2.75, 3.05) is 20.7 Å². The second-order valence-corrected chi connectivity index (χ2v) is 3.68. The minimum Gasteiger partial charge on any atom is -0.504 e. The van der Waals surface area contributed by atoms with E-state index in [0.29, 0.717) is 11.8 Å². The van der Waals surface area contributed by atoms with Crippen molar-refractivity contribution in [2.45, 2.75) is 19.9 Å². The van der Waals surface area contributed by atoms with Crippen LogP contribution in [0.2, 0.25) is 0 Å². The number of benzene rings is 1. The number of hydrogen-bond acceptors (Lipinski definition) is 3. The summed E-state index contributed by atoms with van der Waals surface area (Å²) in [5, 5.41) is 9.47. The van der Waals surface area contributed by atoms with Gasteiger partial charge >= 0.3 is 0 Å². The number of phenols is 1. The molecule has 0 aliphatic heterocycles. The van der Waals surface area contributed by atoms with Crippen LogP contribution in [0.1, 0.15) is 25.5 Å². The molecular weight excluding hydrogens is 190 g/mol. The maximum absolute atomic E-state index is 9.47. The molecule has 0 amide bonds. The molecule has 1 aromatic carbocycles. The van der Waals surface area contributed by atoms with Crippen LogP contribution in [-0.4, -0.2) is 30.7 Å². The van der Waals surface area contributed by atoms with Crippen molar-refractivity contribution in [3.8, 4) is 11.5 Å². The molecule has 0 bridgehead atoms. The van der Waals surface area contributed by atoms with Crippen molar-refractivity contribution in [1.29, 1.82) is 0 Å². The fourth-order valence-electron chi connectivity index (χ4n) is 1.48. The van der Waals surface area contributed by atoms with Gasteiger partial charge in [0.15, 0.2) is 11.5 Å². The van der Waals surface area contributed by atoms with Crippen molar-refractivity contribution in [3.63, 3.8) is 0 Å². The largest absolute Gasteiger partial charge is 0.504 e. The van der Waals surface area contributed by atoms with Crippen LogP contribution in [0.15, 0.2) is 18.2 Å². The minimum absolute atomic E-state index is 0.188. The van der Waals surface area contributed by atoms with E-state index in [1.165, 1.54) is 0 Å². The summed E-state index contributed by atoms with van der Waals surface area (Å²) in [6.07, 6.45) is 0. The molecule has 84 valence electrons. The topological polar surface area (TPSA) is 32.7 Å². The van der Waals surface area contributed by atoms with Crippen molar-refractivity contribution in [3.05, 3.63) is 23.8 Å². The van der Waals surface area contributed by atoms with Gasteiger partial charge in [0.2, 0.25) is 0 Å². The first-order valence-corrected chi connectivity index (χ1v) is 5.17. The third-order valence-electron chi connectivity index (χ3n) is 2.85. The molecule has 15 heavy (non-hydrogen) atoms. The van der Waals surface area contributed by atoms with Crippen LogP contribution in [-0.2, 0) is 0 Å². The number of nitrogens with zero attached hydrogens (tertiary/aromatic N) is 1. The van der Waals surface area contributed by atoms with E-state index < -0.39 is 0 Å². The van der Waals surface area contributed by atoms with Crippen molar-refractivity contribution < 1.29 is 9.84 Å². The molecule has 1 atom stereocenters. The molecule has 0 aliphatic rings. The summed E-state index contributed by atoms with van der Waals surface area (Å²) >= 11 is 0. The summed E-state index contributed by atoms with van der Waals surface area (Å²) < 4.78 is 5.08. The van der Waals surface area contributed by atoms with Gasteiger partial charge in [0.1, 0.15) is 0 Å². The summed E-state index contributed by atoms with van der Waals surface area (Å²) in [6, 6.07) is 5.80. The highest BCUT2D eigenvalue weighted by Gasteiger charge is 2.12. The maximum Gasteiger partial charge on any atom is 0.160 e. The van der Waals surface area contributed by atoms with Gasteiger partial charge < -0.3 is 9.84 Å². The lowest BCUT2D eigenvalue weighted by atomic mass is 10.1. The molecule has 1 unspecified atom stereocenters. The van der Waals surface area contributed by atoms with E-state index >= 15 is 0 Å². The molecule has 1 rings (SSSR count). The SMILES string of the molecule is CCN(C)C(C)c1ccc(O)c(OC)c1. The summed E-state index contributed by atoms with van der Waals surface area (Å²) in [6.45, 7) is 5.24. The van der Waals surface area contributed by atoms with Crippen LogP contribution < -0.4 is 4.74 Å². The van der Waals surface area contributed by atoms with Gasteiger partial charge in [-0.1, -0.05) is 13.0 Å². The summed E-state index contributed by atoms with van der Waals surface area (Å²) in [7, 11) is 3.64. The Hall–Kier alpha value is -1.22. The van der Waals surface area contributed by atoms with E-state index in [1.54, 1.807) is 13.2 Å². The van der Waals surface area contributed by atoms with E-state index in [4.69, 9.17) is 4.74 Å². The Bertz CT molecular complexity index is 325. The molecule has 0 aliphatic carbocycles. The van der Waals surface area contributed by atoms with E-state index in [9.17, 15) is 5.11 Å². The van der Waals surface area contributed by atoms with Crippen molar-refractivity contribution in [1.82, 2.24) is 4.90 Å². The number of methoxy groups -OCH3 is 1. The zero-order valence-electron chi connectivity index (χ0n) is 9.82. The molecule has 0 aromatic heterocycles. The predicted molar refractivity (Wildman–Crippen MR) is 61.4 cm³/mol. The lowest BCUT2D eigenvalue weighted by Crippen LogP contribution is -2.21. The van der Waals surface area contributed by atoms with Gasteiger partial charge in [0.25, 0.3) is 0 Å². The Morgan fingerprint density at radius 3 is 2.67 bits per heavy atom. The second kappa shape index (κ2) is 5.03. The molecule has 1 aromatic rings. The highest BCUT2D eigenvalue weighted by Crippen LogP contribution is 2.30. The molecule has 0 heterocycles. The van der Waals surface area contributed by atoms with E-state index in [0.717, 1.165) is 12.1 Å². The molecule has 0 saturated carbocycles. The first-order valence-electron chi connectivity index (χ1n) is 5.17. The molecule has 0 fully saturated rings. The molecule has 3 nitrogen and oxygen atoms in total. The standard InChI is InChI=1S/C12H19NO2/c1-5-13(3)9(2)10-6-7-11(14)12(8-10)15-4/h6-9,14H,5H2,1-4H3. The van der Waals surface area contributed by atoms with Gasteiger partial charge in [-0.05, 0) is 38.2 Å². The molecule has 3 heteroatoms. The normalized spacial score (nSPS) is 12.9. The first kappa shape index (κ1) is 11.9. The summed E-state index contributed by atoms with van der Waals surface area (Å²) in [4.78, 5) is 2.23. The third kappa shape index (κ3) is 2.63. The fourth-order valence-corrected chi connectivity index (χ4v) is 1.48. The predicted octanol–water partition coefficient (Wildman–Crippen LogP) is 2.41. The molecule has 0 saturated heterocycles. The monoisotopic (exact) mass is 209 g/mol. The number of rotatable bonds is 4. The summed E-state index contributed by atoms with van der Waals surface area (Å²) in [5.74, 6) is 0.719. The van der Waals surface area contributed by atoms with Crippen LogP contribution in [0, 0.1) is 0 Å². The number of ether oxygens (including phenoxy) is 1. The van der Waals surface area contributed by atoms with Crippen molar-refractivity contribution in [2.24, 2.45) is 0 Å². The summed E-state index contributed by atoms with van der Waals surface area (Å²) in [5.41, 5.74) is 1.15. The Balaban J connectivity index is 2.95. The van der Waals surface area contributed by atoms with Crippen molar-refractivity contribution >= 4 is 0 Å². The average molecular weight is 209 g/mol. The van der Waals surface area contributed by atoms with Gasteiger partial charge in [-0.2, -0.15) is 0 Å². The van der Waals surface area contributed by atoms with Gasteiger partial charge in [-0.3, -0.25) is 4.90 Å². The highest BCUT2D eigenvalue weighted by molar-refractivity contribution is 5.42. The van der Waals surface area contributed by atoms with Crippen LogP contribution >= 0.6 is 0 Å². The highest BCUT2D eigenvalue weighted by atomic mass is 16.5. The Kier molecular flexibility index (Phi) is 3.97. The second-order valence-electron chi connectivity index (χ2n) is 3.68. The van der Waals surface area contributed by atoms with Crippen LogP contribution in [0.25, 0.3) is 0 Å². The molecule has 0 radical (unpaired) electrons. The Morgan fingerprint density at radius 1 is 1.47 bits per heavy atom. The van der Waals surface area contributed by atoms with E-state index in [1.807, 2.05) is 12.1 Å². The van der Waals surface area contributed by atoms with Gasteiger partial charge in [-0.25, -0.2) is 0 Å². The molecular formula is C12H19NO2. The lowest BCUT2D eigenvalue weighted by Gasteiger charge is -2.23. The fraction of sp³-hybridized carbons (Fsp3) is 0.500. The molecule has 1 N–H and O–H groups in total. The zero-order valence-corrected chi connectivity index (χ0v) is 9.82. The quantitative estimate of drug-likeness (QED) is 0.826. The zero-order chi connectivity index (χ0) is 11.4. The van der Waals surface area contributed by atoms with Crippen LogP contribution in [0.5, 0.6) is 11.5 Å². The molecule has 0 spiro atoms.